The van der Waals surface area contributed by atoms with E-state index in [2.05, 4.69) is 4.74 Å². The van der Waals surface area contributed by atoms with Crippen LogP contribution in [0.15, 0.2) is 0 Å². The molecule has 116 valence electrons. The lowest BCUT2D eigenvalue weighted by molar-refractivity contribution is -0.138. The standard InChI is InChI=1S/C6H12O3.C4H10O2.C2H4O2/c1-5(4-9-2)3-6(7)8;1-4(5)3-6-2;1-2(3)4/h5H,3-4H2,1-2H3,(H,7,8);4-5H,3H2,1-2H3;1H3,(H,3,4). The van der Waals surface area contributed by atoms with Gasteiger partial charge in [0.2, 0.25) is 0 Å². The second kappa shape index (κ2) is 16.8. The molecular weight excluding hydrogens is 256 g/mol. The van der Waals surface area contributed by atoms with Gasteiger partial charge in [-0.05, 0) is 12.8 Å². The normalized spacial score (nSPS) is 12.1. The van der Waals surface area contributed by atoms with Gasteiger partial charge in [0, 0.05) is 27.8 Å². The summed E-state index contributed by atoms with van der Waals surface area (Å²) in [5.41, 5.74) is 0. The summed E-state index contributed by atoms with van der Waals surface area (Å²) in [6.07, 6.45) is -0.136. The summed E-state index contributed by atoms with van der Waals surface area (Å²) < 4.78 is 9.29. The van der Waals surface area contributed by atoms with Crippen LogP contribution >= 0.6 is 0 Å². The fourth-order valence-electron chi connectivity index (χ4n) is 0.883. The van der Waals surface area contributed by atoms with Crippen molar-refractivity contribution in [2.45, 2.75) is 33.3 Å². The second-order valence-corrected chi connectivity index (χ2v) is 3.98. The molecule has 7 nitrogen and oxygen atoms in total. The minimum absolute atomic E-state index is 0.118. The lowest BCUT2D eigenvalue weighted by Crippen LogP contribution is -2.09. The molecule has 0 spiro atoms. The zero-order valence-corrected chi connectivity index (χ0v) is 12.3. The molecule has 0 aliphatic heterocycles. The minimum atomic E-state index is -0.833. The van der Waals surface area contributed by atoms with Gasteiger partial charge in [0.25, 0.3) is 5.97 Å². The average Bonchev–Trinajstić information content (AvgIpc) is 2.15. The van der Waals surface area contributed by atoms with Gasteiger partial charge in [-0.1, -0.05) is 6.92 Å². The van der Waals surface area contributed by atoms with Crippen LogP contribution in [0.25, 0.3) is 0 Å². The number of rotatable bonds is 6. The summed E-state index contributed by atoms with van der Waals surface area (Å²) in [4.78, 5) is 19.0. The predicted molar refractivity (Wildman–Crippen MR) is 70.2 cm³/mol. The molecule has 0 aromatic heterocycles. The third-order valence-electron chi connectivity index (χ3n) is 1.38. The van der Waals surface area contributed by atoms with Crippen LogP contribution in [0, 0.1) is 5.92 Å². The van der Waals surface area contributed by atoms with Gasteiger partial charge in [-0.25, -0.2) is 0 Å². The number of hydrogen-bond acceptors (Lipinski definition) is 5. The maximum atomic E-state index is 10.0. The summed E-state index contributed by atoms with van der Waals surface area (Å²) in [7, 11) is 3.13. The molecule has 0 rings (SSSR count). The third-order valence-corrected chi connectivity index (χ3v) is 1.38. The zero-order chi connectivity index (χ0) is 15.8. The van der Waals surface area contributed by atoms with Gasteiger partial charge < -0.3 is 24.8 Å². The van der Waals surface area contributed by atoms with Gasteiger partial charge in [0.05, 0.1) is 19.1 Å². The number of methoxy groups -OCH3 is 2. The molecule has 2 atom stereocenters. The van der Waals surface area contributed by atoms with Crippen molar-refractivity contribution in [3.63, 3.8) is 0 Å². The molecule has 0 aromatic carbocycles. The first-order valence-corrected chi connectivity index (χ1v) is 5.74. The lowest BCUT2D eigenvalue weighted by Gasteiger charge is -2.04. The summed E-state index contributed by atoms with van der Waals surface area (Å²) in [6.45, 7) is 5.56. The van der Waals surface area contributed by atoms with Gasteiger partial charge in [-0.3, -0.25) is 9.59 Å². The topological polar surface area (TPSA) is 113 Å². The summed E-state index contributed by atoms with van der Waals surface area (Å²) in [5.74, 6) is -1.48. The lowest BCUT2D eigenvalue weighted by atomic mass is 10.1. The molecule has 0 bridgehead atoms. The predicted octanol–water partition coefficient (Wildman–Crippen LogP) is 0.848. The first-order chi connectivity index (χ1) is 8.67. The fourth-order valence-corrected chi connectivity index (χ4v) is 0.883. The van der Waals surface area contributed by atoms with E-state index < -0.39 is 11.9 Å². The zero-order valence-electron chi connectivity index (χ0n) is 12.3. The smallest absolute Gasteiger partial charge is 0.303 e. The van der Waals surface area contributed by atoms with E-state index in [-0.39, 0.29) is 18.4 Å². The molecule has 0 aliphatic carbocycles. The van der Waals surface area contributed by atoms with Crippen molar-refractivity contribution in [1.82, 2.24) is 0 Å². The summed E-state index contributed by atoms with van der Waals surface area (Å²) in [6, 6.07) is 0. The molecule has 0 fully saturated rings. The van der Waals surface area contributed by atoms with Crippen molar-refractivity contribution in [3.05, 3.63) is 0 Å². The monoisotopic (exact) mass is 282 g/mol. The summed E-state index contributed by atoms with van der Waals surface area (Å²) >= 11 is 0. The Labute approximate surface area is 114 Å². The van der Waals surface area contributed by atoms with Gasteiger partial charge in [0.1, 0.15) is 0 Å². The molecule has 0 amide bonds. The maximum Gasteiger partial charge on any atom is 0.303 e. The first kappa shape index (κ1) is 23.0. The minimum Gasteiger partial charge on any atom is -0.481 e. The van der Waals surface area contributed by atoms with Crippen molar-refractivity contribution >= 4 is 11.9 Å². The highest BCUT2D eigenvalue weighted by Crippen LogP contribution is 2.00. The molecule has 0 saturated carbocycles. The third kappa shape index (κ3) is 47.5. The van der Waals surface area contributed by atoms with E-state index >= 15 is 0 Å². The Kier molecular flexibility index (Phi) is 20.3. The van der Waals surface area contributed by atoms with Crippen molar-refractivity contribution in [1.29, 1.82) is 0 Å². The molecule has 0 saturated heterocycles. The Morgan fingerprint density at radius 1 is 1.05 bits per heavy atom. The molecule has 0 aliphatic rings. The quantitative estimate of drug-likeness (QED) is 0.661. The second-order valence-electron chi connectivity index (χ2n) is 3.98. The van der Waals surface area contributed by atoms with Crippen LogP contribution in [0.1, 0.15) is 27.2 Å². The number of aliphatic hydroxyl groups is 1. The van der Waals surface area contributed by atoms with E-state index in [1.54, 1.807) is 21.1 Å². The SMILES string of the molecule is CC(=O)O.COCC(C)CC(=O)O.COCC(C)O. The largest absolute Gasteiger partial charge is 0.481 e. The van der Waals surface area contributed by atoms with Crippen LogP contribution in [0.3, 0.4) is 0 Å². The molecule has 0 aromatic rings. The highest BCUT2D eigenvalue weighted by atomic mass is 16.5. The molecule has 7 heteroatoms. The Morgan fingerprint density at radius 3 is 1.58 bits per heavy atom. The number of carboxylic acids is 2. The van der Waals surface area contributed by atoms with Crippen molar-refractivity contribution < 1.29 is 34.4 Å². The van der Waals surface area contributed by atoms with Crippen LogP contribution in [0.2, 0.25) is 0 Å². The summed E-state index contributed by atoms with van der Waals surface area (Å²) in [5, 5.41) is 24.1. The fraction of sp³-hybridized carbons (Fsp3) is 0.833. The number of ether oxygens (including phenoxy) is 2. The van der Waals surface area contributed by atoms with E-state index in [0.29, 0.717) is 13.2 Å². The molecule has 3 N–H and O–H groups in total. The number of hydrogen-bond donors (Lipinski definition) is 3. The Bertz CT molecular complexity index is 212. The van der Waals surface area contributed by atoms with Gasteiger partial charge >= 0.3 is 5.97 Å². The molecule has 2 unspecified atom stereocenters. The number of carboxylic acid groups (broad SMARTS) is 2. The van der Waals surface area contributed by atoms with E-state index in [1.807, 2.05) is 6.92 Å². The Morgan fingerprint density at radius 2 is 1.42 bits per heavy atom. The van der Waals surface area contributed by atoms with Crippen molar-refractivity contribution in [2.75, 3.05) is 27.4 Å². The van der Waals surface area contributed by atoms with E-state index in [9.17, 15) is 4.79 Å². The van der Waals surface area contributed by atoms with Gasteiger partial charge in [-0.2, -0.15) is 0 Å². The van der Waals surface area contributed by atoms with Crippen molar-refractivity contribution in [3.8, 4) is 0 Å². The van der Waals surface area contributed by atoms with E-state index in [1.165, 1.54) is 0 Å². The number of aliphatic hydroxyl groups excluding tert-OH is 1. The molecular formula is C12H26O7. The first-order valence-electron chi connectivity index (χ1n) is 5.74. The Balaban J connectivity index is -0.000000222. The molecule has 0 heterocycles. The van der Waals surface area contributed by atoms with Gasteiger partial charge in [0.15, 0.2) is 0 Å². The van der Waals surface area contributed by atoms with Crippen LogP contribution in [0.5, 0.6) is 0 Å². The van der Waals surface area contributed by atoms with Gasteiger partial charge in [-0.15, -0.1) is 0 Å². The van der Waals surface area contributed by atoms with Crippen LogP contribution < -0.4 is 0 Å². The van der Waals surface area contributed by atoms with Crippen LogP contribution in [-0.4, -0.2) is 60.8 Å². The molecule has 0 radical (unpaired) electrons. The average molecular weight is 282 g/mol. The highest BCUT2D eigenvalue weighted by Gasteiger charge is 2.05. The van der Waals surface area contributed by atoms with Crippen LogP contribution in [0.4, 0.5) is 0 Å². The highest BCUT2D eigenvalue weighted by molar-refractivity contribution is 5.66. The van der Waals surface area contributed by atoms with E-state index in [4.69, 9.17) is 24.9 Å². The Hall–Kier alpha value is -1.18. The number of aliphatic carboxylic acids is 2. The van der Waals surface area contributed by atoms with Crippen LogP contribution in [-0.2, 0) is 19.1 Å². The van der Waals surface area contributed by atoms with E-state index in [0.717, 1.165) is 6.92 Å². The molecule has 19 heavy (non-hydrogen) atoms. The number of carbonyl (C=O) groups is 2. The van der Waals surface area contributed by atoms with Crippen molar-refractivity contribution in [2.24, 2.45) is 5.92 Å². The maximum absolute atomic E-state index is 10.0.